The lowest BCUT2D eigenvalue weighted by Gasteiger charge is -2.09. The quantitative estimate of drug-likeness (QED) is 0.435. The van der Waals surface area contributed by atoms with Crippen molar-refractivity contribution in [3.8, 4) is 10.4 Å². The van der Waals surface area contributed by atoms with Gasteiger partial charge >= 0.3 is 6.09 Å². The van der Waals surface area contributed by atoms with E-state index in [4.69, 9.17) is 9.47 Å². The maximum Gasteiger partial charge on any atom is 0.411 e. The third-order valence-corrected chi connectivity index (χ3v) is 5.51. The number of hydrogen-bond acceptors (Lipinski definition) is 5. The summed E-state index contributed by atoms with van der Waals surface area (Å²) in [5, 5.41) is 5.47. The number of hydrogen-bond donors (Lipinski definition) is 2. The third kappa shape index (κ3) is 6.15. The number of methoxy groups -OCH3 is 1. The van der Waals surface area contributed by atoms with Crippen LogP contribution >= 0.6 is 27.3 Å². The largest absolute Gasteiger partial charge is 0.447 e. The first kappa shape index (κ1) is 21.0. The topological polar surface area (TPSA) is 76.7 Å². The first-order valence-corrected chi connectivity index (χ1v) is 10.4. The molecule has 2 N–H and O–H groups in total. The summed E-state index contributed by atoms with van der Waals surface area (Å²) in [5.74, 6) is -0.210. The maximum atomic E-state index is 12.6. The Hall–Kier alpha value is -2.68. The molecule has 8 heteroatoms. The molecule has 0 atom stereocenters. The van der Waals surface area contributed by atoms with Gasteiger partial charge in [0.15, 0.2) is 0 Å². The molecule has 6 nitrogen and oxygen atoms in total. The van der Waals surface area contributed by atoms with Gasteiger partial charge in [0, 0.05) is 27.8 Å². The van der Waals surface area contributed by atoms with E-state index in [1.54, 1.807) is 30.3 Å². The van der Waals surface area contributed by atoms with Crippen molar-refractivity contribution in [3.63, 3.8) is 0 Å². The van der Waals surface area contributed by atoms with Gasteiger partial charge in [-0.1, -0.05) is 34.1 Å². The first-order valence-electron chi connectivity index (χ1n) is 8.75. The Morgan fingerprint density at radius 1 is 0.966 bits per heavy atom. The van der Waals surface area contributed by atoms with Gasteiger partial charge in [-0.3, -0.25) is 10.1 Å². The lowest BCUT2D eigenvalue weighted by Crippen LogP contribution is -2.16. The van der Waals surface area contributed by atoms with Gasteiger partial charge in [-0.25, -0.2) is 4.79 Å². The van der Waals surface area contributed by atoms with Gasteiger partial charge in [0.1, 0.15) is 6.61 Å². The molecule has 0 fully saturated rings. The predicted molar refractivity (Wildman–Crippen MR) is 119 cm³/mol. The van der Waals surface area contributed by atoms with Crippen LogP contribution in [-0.2, 0) is 9.47 Å². The van der Waals surface area contributed by atoms with Crippen molar-refractivity contribution in [2.24, 2.45) is 0 Å². The SMILES string of the molecule is COCCOC(=O)Nc1cccc(NC(=O)c2ccc(-c3ccc(Br)cc3)s2)c1. The van der Waals surface area contributed by atoms with Gasteiger partial charge in [0.25, 0.3) is 5.91 Å². The predicted octanol–water partition coefficient (Wildman–Crippen LogP) is 5.62. The Morgan fingerprint density at radius 3 is 2.41 bits per heavy atom. The molecule has 1 aromatic heterocycles. The number of thiophene rings is 1. The molecule has 0 saturated carbocycles. The number of carbonyl (C=O) groups excluding carboxylic acids is 2. The highest BCUT2D eigenvalue weighted by Gasteiger charge is 2.11. The third-order valence-electron chi connectivity index (χ3n) is 3.85. The van der Waals surface area contributed by atoms with Crippen LogP contribution in [0, 0.1) is 0 Å². The normalized spacial score (nSPS) is 10.4. The maximum absolute atomic E-state index is 12.6. The molecule has 2 amide bonds. The Labute approximate surface area is 181 Å². The van der Waals surface area contributed by atoms with Crippen LogP contribution in [0.5, 0.6) is 0 Å². The summed E-state index contributed by atoms with van der Waals surface area (Å²) in [5.41, 5.74) is 2.14. The molecular formula is C21H19BrN2O4S. The van der Waals surface area contributed by atoms with Crippen molar-refractivity contribution < 1.29 is 19.1 Å². The first-order chi connectivity index (χ1) is 14.0. The fourth-order valence-corrected chi connectivity index (χ4v) is 3.64. The molecule has 2 aromatic carbocycles. The lowest BCUT2D eigenvalue weighted by molar-refractivity contribution is 0.103. The molecule has 150 valence electrons. The highest BCUT2D eigenvalue weighted by Crippen LogP contribution is 2.29. The molecule has 3 rings (SSSR count). The lowest BCUT2D eigenvalue weighted by atomic mass is 10.2. The minimum atomic E-state index is -0.581. The van der Waals surface area contributed by atoms with E-state index >= 15 is 0 Å². The van der Waals surface area contributed by atoms with Crippen LogP contribution in [-0.4, -0.2) is 32.3 Å². The van der Waals surface area contributed by atoms with E-state index in [1.807, 2.05) is 30.3 Å². The van der Waals surface area contributed by atoms with Crippen LogP contribution in [0.15, 0.2) is 65.1 Å². The van der Waals surface area contributed by atoms with E-state index < -0.39 is 6.09 Å². The van der Waals surface area contributed by atoms with E-state index in [1.165, 1.54) is 18.4 Å². The van der Waals surface area contributed by atoms with Crippen molar-refractivity contribution in [1.29, 1.82) is 0 Å². The van der Waals surface area contributed by atoms with Gasteiger partial charge in [-0.05, 0) is 48.0 Å². The minimum Gasteiger partial charge on any atom is -0.447 e. The molecule has 0 saturated heterocycles. The molecule has 29 heavy (non-hydrogen) atoms. The smallest absolute Gasteiger partial charge is 0.411 e. The van der Waals surface area contributed by atoms with E-state index in [0.717, 1.165) is 14.9 Å². The van der Waals surface area contributed by atoms with Crippen LogP contribution in [0.1, 0.15) is 9.67 Å². The summed E-state index contributed by atoms with van der Waals surface area (Å²) in [6, 6.07) is 18.5. The molecule has 3 aromatic rings. The van der Waals surface area contributed by atoms with Crippen molar-refractivity contribution in [3.05, 3.63) is 70.0 Å². The Balaban J connectivity index is 1.62. The second-order valence-electron chi connectivity index (χ2n) is 5.96. The summed E-state index contributed by atoms with van der Waals surface area (Å²) in [6.45, 7) is 0.490. The molecule has 0 radical (unpaired) electrons. The van der Waals surface area contributed by atoms with Gasteiger partial charge in [0.2, 0.25) is 0 Å². The van der Waals surface area contributed by atoms with Crippen LogP contribution in [0.25, 0.3) is 10.4 Å². The number of amides is 2. The highest BCUT2D eigenvalue weighted by molar-refractivity contribution is 9.10. The summed E-state index contributed by atoms with van der Waals surface area (Å²) < 4.78 is 10.8. The second-order valence-corrected chi connectivity index (χ2v) is 7.96. The van der Waals surface area contributed by atoms with Gasteiger partial charge < -0.3 is 14.8 Å². The van der Waals surface area contributed by atoms with Crippen molar-refractivity contribution >= 4 is 50.6 Å². The van der Waals surface area contributed by atoms with Gasteiger partial charge in [0.05, 0.1) is 11.5 Å². The van der Waals surface area contributed by atoms with Gasteiger partial charge in [-0.2, -0.15) is 0 Å². The number of rotatable bonds is 7. The van der Waals surface area contributed by atoms with Crippen LogP contribution in [0.2, 0.25) is 0 Å². The average Bonchev–Trinajstić information content (AvgIpc) is 3.19. The zero-order valence-corrected chi connectivity index (χ0v) is 18.0. The Kier molecular flexibility index (Phi) is 7.40. The molecule has 0 spiro atoms. The van der Waals surface area contributed by atoms with Crippen molar-refractivity contribution in [2.45, 2.75) is 0 Å². The number of benzene rings is 2. The van der Waals surface area contributed by atoms with Crippen LogP contribution in [0.4, 0.5) is 16.2 Å². The highest BCUT2D eigenvalue weighted by atomic mass is 79.9. The monoisotopic (exact) mass is 474 g/mol. The number of nitrogens with one attached hydrogen (secondary N) is 2. The van der Waals surface area contributed by atoms with E-state index in [9.17, 15) is 9.59 Å². The van der Waals surface area contributed by atoms with E-state index in [2.05, 4.69) is 26.6 Å². The average molecular weight is 475 g/mol. The molecule has 1 heterocycles. The van der Waals surface area contributed by atoms with Crippen molar-refractivity contribution in [1.82, 2.24) is 0 Å². The summed E-state index contributed by atoms with van der Waals surface area (Å²) in [7, 11) is 1.53. The number of halogens is 1. The Bertz CT molecular complexity index is 988. The van der Waals surface area contributed by atoms with E-state index in [-0.39, 0.29) is 12.5 Å². The van der Waals surface area contributed by atoms with Crippen LogP contribution in [0.3, 0.4) is 0 Å². The zero-order valence-electron chi connectivity index (χ0n) is 15.6. The molecule has 0 unspecified atom stereocenters. The standard InChI is InChI=1S/C21H19BrN2O4S/c1-27-11-12-28-21(26)24-17-4-2-3-16(13-17)23-20(25)19-10-9-18(29-19)14-5-7-15(22)8-6-14/h2-10,13H,11-12H2,1H3,(H,23,25)(H,24,26). The summed E-state index contributed by atoms with van der Waals surface area (Å²) >= 11 is 4.84. The zero-order chi connectivity index (χ0) is 20.6. The number of anilines is 2. The fourth-order valence-electron chi connectivity index (χ4n) is 2.47. The summed E-state index contributed by atoms with van der Waals surface area (Å²) in [6.07, 6.45) is -0.581. The second kappa shape index (κ2) is 10.2. The molecule has 0 bridgehead atoms. The molecular weight excluding hydrogens is 456 g/mol. The van der Waals surface area contributed by atoms with Gasteiger partial charge in [-0.15, -0.1) is 11.3 Å². The minimum absolute atomic E-state index is 0.165. The van der Waals surface area contributed by atoms with E-state index in [0.29, 0.717) is 22.9 Å². The molecule has 0 aliphatic rings. The molecule has 0 aliphatic carbocycles. The number of carbonyl (C=O) groups is 2. The summed E-state index contributed by atoms with van der Waals surface area (Å²) in [4.78, 5) is 25.9. The number of ether oxygens (including phenoxy) is 2. The Morgan fingerprint density at radius 2 is 1.69 bits per heavy atom. The molecule has 0 aliphatic heterocycles. The van der Waals surface area contributed by atoms with Crippen molar-refractivity contribution in [2.75, 3.05) is 31.0 Å². The fraction of sp³-hybridized carbons (Fsp3) is 0.143. The van der Waals surface area contributed by atoms with Crippen LogP contribution < -0.4 is 10.6 Å².